The van der Waals surface area contributed by atoms with Crippen LogP contribution in [-0.2, 0) is 9.84 Å². The van der Waals surface area contributed by atoms with Gasteiger partial charge >= 0.3 is 0 Å². The molecule has 1 aliphatic rings. The number of hydrogen-bond acceptors (Lipinski definition) is 3. The molecule has 62 valence electrons. The Hall–Kier alpha value is -1.04. The van der Waals surface area contributed by atoms with Crippen LogP contribution in [0.1, 0.15) is 0 Å². The van der Waals surface area contributed by atoms with Gasteiger partial charge in [0.2, 0.25) is 0 Å². The standard InChI is InChI=1S/C5H9N3O2S/c6-5(7)8-4-1-2-11(9,10)3-4/h1-2,4H,3H2,(H4,6,7,8). The van der Waals surface area contributed by atoms with Gasteiger partial charge in [0, 0.05) is 5.41 Å². The van der Waals surface area contributed by atoms with E-state index < -0.39 is 15.9 Å². The lowest BCUT2D eigenvalue weighted by atomic mass is 10.4. The van der Waals surface area contributed by atoms with Crippen LogP contribution in [0.2, 0.25) is 0 Å². The summed E-state index contributed by atoms with van der Waals surface area (Å²) in [6.07, 6.45) is 1.47. The van der Waals surface area contributed by atoms with E-state index in [4.69, 9.17) is 11.5 Å². The molecule has 0 radical (unpaired) electrons. The average Bonchev–Trinajstić information content (AvgIpc) is 2.08. The molecular weight excluding hydrogens is 166 g/mol. The Bertz CT molecular complexity index is 300. The number of aliphatic imine (C=N–C) groups is 1. The number of sulfone groups is 1. The molecule has 0 aromatic heterocycles. The molecule has 0 bridgehead atoms. The summed E-state index contributed by atoms with van der Waals surface area (Å²) in [5, 5.41) is 1.13. The molecule has 1 rings (SSSR count). The topological polar surface area (TPSA) is 98.5 Å². The van der Waals surface area contributed by atoms with E-state index in [1.165, 1.54) is 6.08 Å². The third-order valence-corrected chi connectivity index (χ3v) is 2.60. The fraction of sp³-hybridized carbons (Fsp3) is 0.400. The number of rotatable bonds is 1. The minimum absolute atomic E-state index is 0.0229. The second-order valence-electron chi connectivity index (χ2n) is 2.28. The van der Waals surface area contributed by atoms with Gasteiger partial charge in [-0.15, -0.1) is 0 Å². The van der Waals surface area contributed by atoms with Crippen molar-refractivity contribution in [2.24, 2.45) is 16.5 Å². The Morgan fingerprint density at radius 3 is 2.55 bits per heavy atom. The molecule has 0 saturated heterocycles. The highest BCUT2D eigenvalue weighted by Crippen LogP contribution is 2.10. The van der Waals surface area contributed by atoms with Crippen molar-refractivity contribution in [3.05, 3.63) is 11.5 Å². The van der Waals surface area contributed by atoms with Crippen molar-refractivity contribution in [3.8, 4) is 0 Å². The third-order valence-electron chi connectivity index (χ3n) is 1.23. The summed E-state index contributed by atoms with van der Waals surface area (Å²) in [7, 11) is -3.04. The van der Waals surface area contributed by atoms with Gasteiger partial charge in [0.05, 0.1) is 11.8 Å². The lowest BCUT2D eigenvalue weighted by molar-refractivity contribution is 0.604. The normalized spacial score (nSPS) is 26.7. The van der Waals surface area contributed by atoms with Crippen LogP contribution in [0, 0.1) is 0 Å². The molecule has 0 aromatic rings. The van der Waals surface area contributed by atoms with Gasteiger partial charge in [-0.25, -0.2) is 13.4 Å². The first-order valence-electron chi connectivity index (χ1n) is 2.99. The minimum atomic E-state index is -3.04. The second kappa shape index (κ2) is 2.54. The van der Waals surface area contributed by atoms with Crippen LogP contribution < -0.4 is 11.5 Å². The molecule has 1 heterocycles. The van der Waals surface area contributed by atoms with Crippen molar-refractivity contribution in [1.29, 1.82) is 0 Å². The van der Waals surface area contributed by atoms with E-state index >= 15 is 0 Å². The molecule has 11 heavy (non-hydrogen) atoms. The maximum Gasteiger partial charge on any atom is 0.186 e. The second-order valence-corrected chi connectivity index (χ2v) is 4.21. The first kappa shape index (κ1) is 8.06. The zero-order valence-electron chi connectivity index (χ0n) is 5.77. The molecule has 5 nitrogen and oxygen atoms in total. The zero-order valence-corrected chi connectivity index (χ0v) is 6.58. The van der Waals surface area contributed by atoms with Gasteiger partial charge < -0.3 is 11.5 Å². The predicted molar refractivity (Wildman–Crippen MR) is 42.5 cm³/mol. The van der Waals surface area contributed by atoms with Crippen LogP contribution >= 0.6 is 0 Å². The van der Waals surface area contributed by atoms with Crippen molar-refractivity contribution in [3.63, 3.8) is 0 Å². The van der Waals surface area contributed by atoms with E-state index in [9.17, 15) is 8.42 Å². The molecule has 0 aliphatic carbocycles. The van der Waals surface area contributed by atoms with Gasteiger partial charge in [-0.1, -0.05) is 0 Å². The number of nitrogens with zero attached hydrogens (tertiary/aromatic N) is 1. The average molecular weight is 175 g/mol. The van der Waals surface area contributed by atoms with E-state index in [0.717, 1.165) is 5.41 Å². The van der Waals surface area contributed by atoms with Crippen molar-refractivity contribution >= 4 is 15.8 Å². The molecule has 0 saturated carbocycles. The van der Waals surface area contributed by atoms with Crippen molar-refractivity contribution < 1.29 is 8.42 Å². The van der Waals surface area contributed by atoms with Gasteiger partial charge in [-0.2, -0.15) is 0 Å². The summed E-state index contributed by atoms with van der Waals surface area (Å²) in [4.78, 5) is 3.68. The van der Waals surface area contributed by atoms with Crippen LogP contribution in [-0.4, -0.2) is 26.2 Å². The largest absolute Gasteiger partial charge is 0.370 e. The molecule has 0 aromatic carbocycles. The van der Waals surface area contributed by atoms with Crippen molar-refractivity contribution in [2.75, 3.05) is 5.75 Å². The van der Waals surface area contributed by atoms with Crippen LogP contribution in [0.4, 0.5) is 0 Å². The van der Waals surface area contributed by atoms with Gasteiger partial charge in [0.1, 0.15) is 0 Å². The molecular formula is C5H9N3O2S. The quantitative estimate of drug-likeness (QED) is 0.377. The summed E-state index contributed by atoms with van der Waals surface area (Å²) in [6, 6.07) is -0.398. The summed E-state index contributed by atoms with van der Waals surface area (Å²) in [5.74, 6) is -0.109. The highest BCUT2D eigenvalue weighted by Gasteiger charge is 2.20. The van der Waals surface area contributed by atoms with Crippen LogP contribution in [0.5, 0.6) is 0 Å². The van der Waals surface area contributed by atoms with E-state index in [1.807, 2.05) is 0 Å². The van der Waals surface area contributed by atoms with Crippen LogP contribution in [0.25, 0.3) is 0 Å². The molecule has 6 heteroatoms. The smallest absolute Gasteiger partial charge is 0.186 e. The maximum absolute atomic E-state index is 10.8. The fourth-order valence-corrected chi connectivity index (χ4v) is 2.02. The summed E-state index contributed by atoms with van der Waals surface area (Å²) in [6.45, 7) is 0. The molecule has 1 atom stereocenters. The van der Waals surface area contributed by atoms with E-state index in [-0.39, 0.29) is 11.7 Å². The highest BCUT2D eigenvalue weighted by molar-refractivity contribution is 7.94. The van der Waals surface area contributed by atoms with Crippen molar-refractivity contribution in [2.45, 2.75) is 6.04 Å². The summed E-state index contributed by atoms with van der Waals surface area (Å²) in [5.41, 5.74) is 10.1. The Morgan fingerprint density at radius 1 is 1.55 bits per heavy atom. The molecule has 0 fully saturated rings. The van der Waals surface area contributed by atoms with Gasteiger partial charge in [0.25, 0.3) is 0 Å². The van der Waals surface area contributed by atoms with Crippen LogP contribution in [0.3, 0.4) is 0 Å². The Labute approximate surface area is 64.7 Å². The van der Waals surface area contributed by atoms with E-state index in [1.54, 1.807) is 0 Å². The number of guanidine groups is 1. The van der Waals surface area contributed by atoms with E-state index in [0.29, 0.717) is 0 Å². The van der Waals surface area contributed by atoms with Gasteiger partial charge in [0.15, 0.2) is 15.8 Å². The Balaban J connectivity index is 2.73. The van der Waals surface area contributed by atoms with E-state index in [2.05, 4.69) is 4.99 Å². The molecule has 1 unspecified atom stereocenters. The first-order chi connectivity index (χ1) is 4.99. The SMILES string of the molecule is NC(N)=NC1C=CS(=O)(=O)C1. The lowest BCUT2D eigenvalue weighted by Crippen LogP contribution is -2.25. The monoisotopic (exact) mass is 175 g/mol. The molecule has 0 amide bonds. The fourth-order valence-electron chi connectivity index (χ4n) is 0.831. The van der Waals surface area contributed by atoms with Gasteiger partial charge in [-0.05, 0) is 6.08 Å². The first-order valence-corrected chi connectivity index (χ1v) is 4.71. The van der Waals surface area contributed by atoms with Gasteiger partial charge in [-0.3, -0.25) is 0 Å². The number of hydrogen-bond donors (Lipinski definition) is 2. The molecule has 4 N–H and O–H groups in total. The molecule has 0 spiro atoms. The predicted octanol–water partition coefficient (Wildman–Crippen LogP) is -1.43. The zero-order chi connectivity index (χ0) is 8.48. The molecule has 1 aliphatic heterocycles. The Morgan fingerprint density at radius 2 is 2.18 bits per heavy atom. The maximum atomic E-state index is 10.8. The minimum Gasteiger partial charge on any atom is -0.370 e. The summed E-state index contributed by atoms with van der Waals surface area (Å²) >= 11 is 0. The Kier molecular flexibility index (Phi) is 1.86. The van der Waals surface area contributed by atoms with Crippen LogP contribution in [0.15, 0.2) is 16.5 Å². The third kappa shape index (κ3) is 2.23. The van der Waals surface area contributed by atoms with Crippen molar-refractivity contribution in [1.82, 2.24) is 0 Å². The highest BCUT2D eigenvalue weighted by atomic mass is 32.2. The lowest BCUT2D eigenvalue weighted by Gasteiger charge is -1.98. The number of nitrogens with two attached hydrogens (primary N) is 2. The summed E-state index contributed by atoms with van der Waals surface area (Å²) < 4.78 is 21.6.